The van der Waals surface area contributed by atoms with Crippen LogP contribution in [0.2, 0.25) is 0 Å². The lowest BCUT2D eigenvalue weighted by Crippen LogP contribution is -2.29. The van der Waals surface area contributed by atoms with E-state index in [2.05, 4.69) is 0 Å². The number of esters is 1. The molecule has 196 valence electrons. The van der Waals surface area contributed by atoms with Gasteiger partial charge in [-0.05, 0) is 81.8 Å². The van der Waals surface area contributed by atoms with Gasteiger partial charge in [-0.15, -0.1) is 0 Å². The quantitative estimate of drug-likeness (QED) is 0.188. The van der Waals surface area contributed by atoms with Crippen molar-refractivity contribution in [3.63, 3.8) is 0 Å². The number of benzene rings is 3. The molecule has 38 heavy (non-hydrogen) atoms. The number of Topliss-reactive ketones (excluding diaryl/α,β-unsaturated/α-hetero) is 1. The maximum absolute atomic E-state index is 13.3. The number of rotatable bonds is 7. The van der Waals surface area contributed by atoms with Crippen molar-refractivity contribution in [1.29, 1.82) is 0 Å². The fraction of sp³-hybridized carbons (Fsp3) is 0.233. The van der Waals surface area contributed by atoms with Crippen molar-refractivity contribution in [2.45, 2.75) is 45.9 Å². The van der Waals surface area contributed by atoms with Gasteiger partial charge in [0.2, 0.25) is 0 Å². The lowest BCUT2D eigenvalue weighted by atomic mass is 9.95. The Bertz CT molecular complexity index is 1390. The van der Waals surface area contributed by atoms with Gasteiger partial charge in [0.05, 0.1) is 29.4 Å². The fourth-order valence-electron chi connectivity index (χ4n) is 4.26. The van der Waals surface area contributed by atoms with E-state index in [1.165, 1.54) is 29.2 Å². The summed E-state index contributed by atoms with van der Waals surface area (Å²) >= 11 is 0. The highest BCUT2D eigenvalue weighted by molar-refractivity contribution is 6.51. The number of hydrogen-bond acceptors (Lipinski definition) is 7. The summed E-state index contributed by atoms with van der Waals surface area (Å²) in [6, 6.07) is 17.8. The number of aliphatic hydroxyl groups excluding tert-OH is 1. The molecule has 0 bridgehead atoms. The molecule has 3 aromatic carbocycles. The van der Waals surface area contributed by atoms with Crippen LogP contribution in [0, 0.1) is 0 Å². The van der Waals surface area contributed by atoms with Crippen LogP contribution >= 0.6 is 0 Å². The number of ketones is 1. The molecule has 1 heterocycles. The highest BCUT2D eigenvalue weighted by Crippen LogP contribution is 2.42. The van der Waals surface area contributed by atoms with E-state index in [4.69, 9.17) is 9.47 Å². The zero-order valence-corrected chi connectivity index (χ0v) is 21.5. The highest BCUT2D eigenvalue weighted by Gasteiger charge is 2.47. The van der Waals surface area contributed by atoms with Crippen molar-refractivity contribution in [3.8, 4) is 11.5 Å². The second-order valence-electron chi connectivity index (χ2n) is 9.46. The van der Waals surface area contributed by atoms with Crippen LogP contribution in [-0.4, -0.2) is 40.1 Å². The van der Waals surface area contributed by atoms with E-state index >= 15 is 0 Å². The van der Waals surface area contributed by atoms with E-state index in [0.29, 0.717) is 28.1 Å². The zero-order chi connectivity index (χ0) is 27.6. The molecule has 1 amide bonds. The first-order valence-corrected chi connectivity index (χ1v) is 12.2. The molecule has 0 spiro atoms. The number of carbonyl (C=O) groups is 3. The molecule has 8 nitrogen and oxygen atoms in total. The van der Waals surface area contributed by atoms with E-state index in [9.17, 15) is 24.6 Å². The minimum absolute atomic E-state index is 0.0113. The Morgan fingerprint density at radius 2 is 1.53 bits per heavy atom. The van der Waals surface area contributed by atoms with Crippen LogP contribution in [0.25, 0.3) is 5.76 Å². The summed E-state index contributed by atoms with van der Waals surface area (Å²) < 4.78 is 10.9. The lowest BCUT2D eigenvalue weighted by Gasteiger charge is -2.25. The van der Waals surface area contributed by atoms with Crippen LogP contribution in [-0.2, 0) is 14.3 Å². The van der Waals surface area contributed by atoms with Crippen LogP contribution in [0.3, 0.4) is 0 Å². The standard InChI is InChI=1S/C30H29NO7/c1-17(2)37-24-7-5-6-21(16-24)27(33)25-26(19-10-14-23(32)15-11-19)31(29(35)28(25)34)22-12-8-20(9-13-22)30(36)38-18(3)4/h5-18,26,32-33H,1-4H3/b27-25+. The monoisotopic (exact) mass is 515 g/mol. The third-order valence-electron chi connectivity index (χ3n) is 5.86. The number of carbonyl (C=O) groups excluding carboxylic acids is 3. The second-order valence-corrected chi connectivity index (χ2v) is 9.46. The Morgan fingerprint density at radius 3 is 2.13 bits per heavy atom. The van der Waals surface area contributed by atoms with Crippen molar-refractivity contribution in [1.82, 2.24) is 0 Å². The Balaban J connectivity index is 1.82. The largest absolute Gasteiger partial charge is 0.508 e. The number of anilines is 1. The zero-order valence-electron chi connectivity index (χ0n) is 21.5. The van der Waals surface area contributed by atoms with Gasteiger partial charge < -0.3 is 19.7 Å². The van der Waals surface area contributed by atoms with Crippen LogP contribution in [0.5, 0.6) is 11.5 Å². The van der Waals surface area contributed by atoms with Crippen LogP contribution in [0.4, 0.5) is 5.69 Å². The Morgan fingerprint density at radius 1 is 0.868 bits per heavy atom. The molecule has 0 aromatic heterocycles. The van der Waals surface area contributed by atoms with Gasteiger partial charge in [-0.1, -0.05) is 24.3 Å². The van der Waals surface area contributed by atoms with Crippen LogP contribution in [0.1, 0.15) is 55.2 Å². The van der Waals surface area contributed by atoms with Gasteiger partial charge in [0, 0.05) is 11.3 Å². The normalized spacial score (nSPS) is 16.8. The smallest absolute Gasteiger partial charge is 0.338 e. The molecule has 0 aliphatic carbocycles. The Labute approximate surface area is 220 Å². The summed E-state index contributed by atoms with van der Waals surface area (Å²) in [5, 5.41) is 21.2. The van der Waals surface area contributed by atoms with Crippen LogP contribution in [0.15, 0.2) is 78.4 Å². The first-order valence-electron chi connectivity index (χ1n) is 12.2. The SMILES string of the molecule is CC(C)OC(=O)c1ccc(N2C(=O)C(=O)/C(=C(/O)c3cccc(OC(C)C)c3)C2c2ccc(O)cc2)cc1. The summed E-state index contributed by atoms with van der Waals surface area (Å²) in [5.41, 5.74) is 1.35. The highest BCUT2D eigenvalue weighted by atomic mass is 16.5. The van der Waals surface area contributed by atoms with E-state index in [0.717, 1.165) is 0 Å². The molecule has 2 N–H and O–H groups in total. The molecule has 1 atom stereocenters. The van der Waals surface area contributed by atoms with Gasteiger partial charge in [-0.2, -0.15) is 0 Å². The maximum atomic E-state index is 13.3. The number of phenols is 1. The van der Waals surface area contributed by atoms with E-state index in [1.54, 1.807) is 62.4 Å². The number of hydrogen-bond donors (Lipinski definition) is 2. The average Bonchev–Trinajstić information content (AvgIpc) is 3.13. The summed E-state index contributed by atoms with van der Waals surface area (Å²) in [6.07, 6.45) is -0.394. The summed E-state index contributed by atoms with van der Waals surface area (Å²) in [6.45, 7) is 7.23. The molecular formula is C30H29NO7. The molecule has 1 aliphatic heterocycles. The predicted molar refractivity (Wildman–Crippen MR) is 142 cm³/mol. The van der Waals surface area contributed by atoms with E-state index in [-0.39, 0.29) is 29.3 Å². The summed E-state index contributed by atoms with van der Waals surface area (Å²) in [5.74, 6) is -2.04. The summed E-state index contributed by atoms with van der Waals surface area (Å²) in [7, 11) is 0. The second kappa shape index (κ2) is 10.8. The Hall–Kier alpha value is -4.59. The van der Waals surface area contributed by atoms with Gasteiger partial charge in [0.1, 0.15) is 17.3 Å². The third-order valence-corrected chi connectivity index (χ3v) is 5.86. The molecule has 0 saturated carbocycles. The minimum Gasteiger partial charge on any atom is -0.508 e. The van der Waals surface area contributed by atoms with Crippen molar-refractivity contribution in [3.05, 3.63) is 95.1 Å². The minimum atomic E-state index is -0.987. The van der Waals surface area contributed by atoms with Gasteiger partial charge in [-0.25, -0.2) is 4.79 Å². The van der Waals surface area contributed by atoms with Gasteiger partial charge in [0.25, 0.3) is 11.7 Å². The molecule has 1 saturated heterocycles. The molecule has 4 rings (SSSR count). The topological polar surface area (TPSA) is 113 Å². The average molecular weight is 516 g/mol. The first-order chi connectivity index (χ1) is 18.1. The molecular weight excluding hydrogens is 486 g/mol. The van der Waals surface area contributed by atoms with E-state index in [1.807, 2.05) is 13.8 Å². The van der Waals surface area contributed by atoms with Crippen molar-refractivity contribution in [2.24, 2.45) is 0 Å². The van der Waals surface area contributed by atoms with Crippen LogP contribution < -0.4 is 9.64 Å². The van der Waals surface area contributed by atoms with Crippen molar-refractivity contribution >= 4 is 29.1 Å². The van der Waals surface area contributed by atoms with Gasteiger partial charge >= 0.3 is 5.97 Å². The van der Waals surface area contributed by atoms with E-state index < -0.39 is 23.7 Å². The lowest BCUT2D eigenvalue weighted by molar-refractivity contribution is -0.132. The molecule has 0 radical (unpaired) electrons. The number of amides is 1. The molecule has 3 aromatic rings. The number of aromatic hydroxyl groups is 1. The summed E-state index contributed by atoms with van der Waals surface area (Å²) in [4.78, 5) is 40.2. The molecule has 1 aliphatic rings. The number of ether oxygens (including phenoxy) is 2. The van der Waals surface area contributed by atoms with Crippen molar-refractivity contribution in [2.75, 3.05) is 4.90 Å². The number of phenolic OH excluding ortho intramolecular Hbond substituents is 1. The maximum Gasteiger partial charge on any atom is 0.338 e. The fourth-order valence-corrected chi connectivity index (χ4v) is 4.26. The number of aliphatic hydroxyl groups is 1. The predicted octanol–water partition coefficient (Wildman–Crippen LogP) is 5.37. The molecule has 1 unspecified atom stereocenters. The number of nitrogens with zero attached hydrogens (tertiary/aromatic N) is 1. The van der Waals surface area contributed by atoms with Gasteiger partial charge in [0.15, 0.2) is 0 Å². The van der Waals surface area contributed by atoms with Gasteiger partial charge in [-0.3, -0.25) is 14.5 Å². The van der Waals surface area contributed by atoms with Crippen molar-refractivity contribution < 1.29 is 34.1 Å². The molecule has 8 heteroatoms. The Kier molecular flexibility index (Phi) is 7.52. The molecule has 1 fully saturated rings. The third kappa shape index (κ3) is 5.39. The first kappa shape index (κ1) is 26.5.